The normalized spacial score (nSPS) is 8.69. The summed E-state index contributed by atoms with van der Waals surface area (Å²) in [6, 6.07) is 0. The second-order valence-corrected chi connectivity index (χ2v) is 2.43. The highest BCUT2D eigenvalue weighted by atomic mass is 16.2. The molecule has 0 rings (SSSR count). The highest BCUT2D eigenvalue weighted by Gasteiger charge is 2.06. The molecule has 3 heteroatoms. The first kappa shape index (κ1) is 14.9. The van der Waals surface area contributed by atoms with Crippen molar-refractivity contribution in [1.82, 2.24) is 10.2 Å². The fourth-order valence-electron chi connectivity index (χ4n) is 0.930. The number of hydrogen-bond donors (Lipinski definition) is 1. The first-order valence-corrected chi connectivity index (χ1v) is 5.18. The van der Waals surface area contributed by atoms with Crippen LogP contribution in [0.3, 0.4) is 0 Å². The fourth-order valence-corrected chi connectivity index (χ4v) is 0.930. The van der Waals surface area contributed by atoms with Crippen molar-refractivity contribution < 1.29 is 4.79 Å². The predicted molar refractivity (Wildman–Crippen MR) is 57.8 cm³/mol. The van der Waals surface area contributed by atoms with E-state index in [1.54, 1.807) is 0 Å². The Morgan fingerprint density at radius 2 is 1.85 bits per heavy atom. The lowest BCUT2D eigenvalue weighted by Gasteiger charge is -2.19. The average molecular weight is 188 g/mol. The molecule has 0 heterocycles. The Labute approximate surface area is 82.5 Å². The molecule has 1 N–H and O–H groups in total. The summed E-state index contributed by atoms with van der Waals surface area (Å²) in [5.41, 5.74) is 0. The molecule has 0 aliphatic heterocycles. The second kappa shape index (κ2) is 11.4. The SMILES string of the molecule is CC.CCC(=O)N(CC)CCNC. The molecule has 0 atom stereocenters. The largest absolute Gasteiger partial charge is 0.342 e. The number of amides is 1. The zero-order valence-electron chi connectivity index (χ0n) is 9.68. The quantitative estimate of drug-likeness (QED) is 0.709. The van der Waals surface area contributed by atoms with E-state index < -0.39 is 0 Å². The molecule has 0 aromatic heterocycles. The summed E-state index contributed by atoms with van der Waals surface area (Å²) in [6.45, 7) is 10.4. The van der Waals surface area contributed by atoms with E-state index in [0.717, 1.165) is 19.6 Å². The first-order valence-electron chi connectivity index (χ1n) is 5.18. The predicted octanol–water partition coefficient (Wildman–Crippen LogP) is 1.49. The van der Waals surface area contributed by atoms with Crippen LogP contribution < -0.4 is 5.32 Å². The van der Waals surface area contributed by atoms with Crippen LogP contribution in [0.4, 0.5) is 0 Å². The number of hydrogen-bond acceptors (Lipinski definition) is 2. The standard InChI is InChI=1S/C8H18N2O.C2H6/c1-4-8(11)10(5-2)7-6-9-3;1-2/h9H,4-7H2,1-3H3;1-2H3. The number of nitrogens with one attached hydrogen (secondary N) is 1. The Hall–Kier alpha value is -0.570. The summed E-state index contributed by atoms with van der Waals surface area (Å²) in [7, 11) is 1.89. The smallest absolute Gasteiger partial charge is 0.222 e. The van der Waals surface area contributed by atoms with Gasteiger partial charge in [-0.05, 0) is 14.0 Å². The Morgan fingerprint density at radius 3 is 2.15 bits per heavy atom. The van der Waals surface area contributed by atoms with E-state index in [4.69, 9.17) is 0 Å². The van der Waals surface area contributed by atoms with Crippen molar-refractivity contribution in [3.8, 4) is 0 Å². The zero-order chi connectivity index (χ0) is 10.7. The Balaban J connectivity index is 0. The highest BCUT2D eigenvalue weighted by Crippen LogP contribution is 1.91. The molecule has 0 spiro atoms. The van der Waals surface area contributed by atoms with Crippen LogP contribution in [0.2, 0.25) is 0 Å². The molecule has 0 saturated carbocycles. The van der Waals surface area contributed by atoms with E-state index in [1.165, 1.54) is 0 Å². The maximum Gasteiger partial charge on any atom is 0.222 e. The number of carbonyl (C=O) groups excluding carboxylic acids is 1. The van der Waals surface area contributed by atoms with Crippen LogP contribution in [0.5, 0.6) is 0 Å². The maximum absolute atomic E-state index is 11.1. The molecule has 80 valence electrons. The van der Waals surface area contributed by atoms with Crippen molar-refractivity contribution in [3.63, 3.8) is 0 Å². The van der Waals surface area contributed by atoms with Crippen molar-refractivity contribution >= 4 is 5.91 Å². The molecule has 13 heavy (non-hydrogen) atoms. The third-order valence-electron chi connectivity index (χ3n) is 1.67. The summed E-state index contributed by atoms with van der Waals surface area (Å²) in [4.78, 5) is 13.0. The van der Waals surface area contributed by atoms with Crippen LogP contribution in [0.25, 0.3) is 0 Å². The van der Waals surface area contributed by atoms with Gasteiger partial charge in [0.05, 0.1) is 0 Å². The maximum atomic E-state index is 11.1. The Kier molecular flexibility index (Phi) is 13.1. The van der Waals surface area contributed by atoms with Crippen molar-refractivity contribution in [3.05, 3.63) is 0 Å². The van der Waals surface area contributed by atoms with Gasteiger partial charge in [-0.1, -0.05) is 20.8 Å². The van der Waals surface area contributed by atoms with E-state index in [-0.39, 0.29) is 5.91 Å². The van der Waals surface area contributed by atoms with Crippen LogP contribution >= 0.6 is 0 Å². The third-order valence-corrected chi connectivity index (χ3v) is 1.67. The van der Waals surface area contributed by atoms with Crippen molar-refractivity contribution in [2.45, 2.75) is 34.1 Å². The van der Waals surface area contributed by atoms with Crippen LogP contribution in [-0.4, -0.2) is 37.5 Å². The lowest BCUT2D eigenvalue weighted by atomic mass is 10.4. The average Bonchev–Trinajstić information content (AvgIpc) is 2.21. The van der Waals surface area contributed by atoms with Crippen LogP contribution in [0.1, 0.15) is 34.1 Å². The van der Waals surface area contributed by atoms with Crippen LogP contribution in [0, 0.1) is 0 Å². The Bertz CT molecular complexity index is 115. The van der Waals surface area contributed by atoms with E-state index >= 15 is 0 Å². The summed E-state index contributed by atoms with van der Waals surface area (Å²) in [5.74, 6) is 0.239. The highest BCUT2D eigenvalue weighted by molar-refractivity contribution is 5.75. The summed E-state index contributed by atoms with van der Waals surface area (Å²) in [5, 5.41) is 3.02. The Morgan fingerprint density at radius 1 is 1.31 bits per heavy atom. The van der Waals surface area contributed by atoms with E-state index in [0.29, 0.717) is 6.42 Å². The summed E-state index contributed by atoms with van der Waals surface area (Å²) >= 11 is 0. The van der Waals surface area contributed by atoms with Gasteiger partial charge >= 0.3 is 0 Å². The van der Waals surface area contributed by atoms with Crippen LogP contribution in [-0.2, 0) is 4.79 Å². The van der Waals surface area contributed by atoms with Crippen LogP contribution in [0.15, 0.2) is 0 Å². The molecule has 0 radical (unpaired) electrons. The molecule has 0 fully saturated rings. The van der Waals surface area contributed by atoms with Crippen molar-refractivity contribution in [2.24, 2.45) is 0 Å². The van der Waals surface area contributed by atoms with Gasteiger partial charge in [0, 0.05) is 26.1 Å². The monoisotopic (exact) mass is 188 g/mol. The van der Waals surface area contributed by atoms with Crippen molar-refractivity contribution in [1.29, 1.82) is 0 Å². The molecule has 0 unspecified atom stereocenters. The molecule has 0 saturated heterocycles. The van der Waals surface area contributed by atoms with Gasteiger partial charge in [-0.15, -0.1) is 0 Å². The van der Waals surface area contributed by atoms with E-state index in [1.807, 2.05) is 39.6 Å². The topological polar surface area (TPSA) is 32.3 Å². The molecule has 0 aromatic carbocycles. The van der Waals surface area contributed by atoms with Gasteiger partial charge in [-0.2, -0.15) is 0 Å². The molecule has 0 aromatic rings. The second-order valence-electron chi connectivity index (χ2n) is 2.43. The van der Waals surface area contributed by atoms with Gasteiger partial charge in [-0.25, -0.2) is 0 Å². The first-order chi connectivity index (χ1) is 6.26. The molecule has 0 aliphatic rings. The molecule has 1 amide bonds. The lowest BCUT2D eigenvalue weighted by molar-refractivity contribution is -0.130. The van der Waals surface area contributed by atoms with E-state index in [9.17, 15) is 4.79 Å². The zero-order valence-corrected chi connectivity index (χ0v) is 9.68. The summed E-state index contributed by atoms with van der Waals surface area (Å²) in [6.07, 6.45) is 0.609. The molecule has 3 nitrogen and oxygen atoms in total. The minimum Gasteiger partial charge on any atom is -0.342 e. The van der Waals surface area contributed by atoms with Gasteiger partial charge < -0.3 is 10.2 Å². The number of likely N-dealkylation sites (N-methyl/N-ethyl adjacent to an activating group) is 2. The lowest BCUT2D eigenvalue weighted by Crippen LogP contribution is -2.35. The number of rotatable bonds is 5. The van der Waals surface area contributed by atoms with Gasteiger partial charge in [0.25, 0.3) is 0 Å². The van der Waals surface area contributed by atoms with E-state index in [2.05, 4.69) is 5.32 Å². The van der Waals surface area contributed by atoms with Gasteiger partial charge in [-0.3, -0.25) is 4.79 Å². The van der Waals surface area contributed by atoms with Gasteiger partial charge in [0.1, 0.15) is 0 Å². The molecule has 0 bridgehead atoms. The van der Waals surface area contributed by atoms with Gasteiger partial charge in [0.2, 0.25) is 5.91 Å². The fraction of sp³-hybridized carbons (Fsp3) is 0.900. The minimum absolute atomic E-state index is 0.239. The van der Waals surface area contributed by atoms with Gasteiger partial charge in [0.15, 0.2) is 0 Å². The minimum atomic E-state index is 0.239. The number of carbonyl (C=O) groups is 1. The molecule has 0 aliphatic carbocycles. The molecular formula is C10H24N2O. The molecular weight excluding hydrogens is 164 g/mol. The third kappa shape index (κ3) is 7.78. The summed E-state index contributed by atoms with van der Waals surface area (Å²) < 4.78 is 0. The van der Waals surface area contributed by atoms with Crippen molar-refractivity contribution in [2.75, 3.05) is 26.7 Å². The number of nitrogens with zero attached hydrogens (tertiary/aromatic N) is 1.